The zero-order valence-corrected chi connectivity index (χ0v) is 47.6. The minimum absolute atomic E-state index is 0.540. The third-order valence-corrected chi connectivity index (χ3v) is 18.3. The largest absolute Gasteiger partial charge is 0.454 e. The van der Waals surface area contributed by atoms with E-state index in [2.05, 4.69) is 241 Å². The summed E-state index contributed by atoms with van der Waals surface area (Å²) in [6.07, 6.45) is -4.55. The van der Waals surface area contributed by atoms with Crippen molar-refractivity contribution < 1.29 is 22.0 Å². The number of anilines is 9. The van der Waals surface area contributed by atoms with Crippen LogP contribution in [0.4, 0.5) is 64.4 Å². The monoisotopic (exact) mass is 1130 g/mol. The van der Waals surface area contributed by atoms with Crippen LogP contribution in [0.25, 0.3) is 76.5 Å². The summed E-state index contributed by atoms with van der Waals surface area (Å²) in [7, 11) is 0. The van der Waals surface area contributed by atoms with Gasteiger partial charge in [0.05, 0.1) is 45.1 Å². The van der Waals surface area contributed by atoms with Gasteiger partial charge < -0.3 is 23.5 Å². The number of fused-ring (bicyclic) bond motifs is 19. The van der Waals surface area contributed by atoms with Gasteiger partial charge in [-0.2, -0.15) is 13.2 Å². The lowest BCUT2D eigenvalue weighted by molar-refractivity contribution is -0.137. The molecule has 5 nitrogen and oxygen atoms in total. The molecule has 8 heteroatoms. The fourth-order valence-electron chi connectivity index (χ4n) is 14.6. The summed E-state index contributed by atoms with van der Waals surface area (Å²) in [5.74, 6) is 0. The van der Waals surface area contributed by atoms with Gasteiger partial charge in [-0.05, 0) is 161 Å². The number of aryl methyl sites for hydroxylation is 3. The van der Waals surface area contributed by atoms with Crippen molar-refractivity contribution in [1.29, 1.82) is 0 Å². The van der Waals surface area contributed by atoms with Crippen LogP contribution in [0.3, 0.4) is 0 Å². The van der Waals surface area contributed by atoms with Gasteiger partial charge in [-0.3, -0.25) is 0 Å². The molecule has 15 aromatic rings. The molecule has 0 radical (unpaired) electrons. The minimum Gasteiger partial charge on any atom is -0.454 e. The zero-order chi connectivity index (χ0) is 58.4. The van der Waals surface area contributed by atoms with Crippen LogP contribution in [0.2, 0.25) is 0 Å². The van der Waals surface area contributed by atoms with Gasteiger partial charge in [0.25, 0.3) is 0 Å². The van der Waals surface area contributed by atoms with Gasteiger partial charge in [-0.1, -0.05) is 181 Å². The molecule has 1 spiro atoms. The van der Waals surface area contributed by atoms with Crippen LogP contribution in [0.15, 0.2) is 270 Å². The third kappa shape index (κ3) is 7.28. The Morgan fingerprint density at radius 3 is 1.21 bits per heavy atom. The molecule has 0 unspecified atom stereocenters. The molecule has 416 valence electrons. The van der Waals surface area contributed by atoms with E-state index in [4.69, 9.17) is 8.83 Å². The van der Waals surface area contributed by atoms with Gasteiger partial charge >= 0.3 is 6.18 Å². The average molecular weight is 1130 g/mol. The molecule has 0 fully saturated rings. The van der Waals surface area contributed by atoms with Crippen molar-refractivity contribution in [2.45, 2.75) is 32.4 Å². The molecule has 3 heterocycles. The first kappa shape index (κ1) is 50.7. The van der Waals surface area contributed by atoms with E-state index in [1.807, 2.05) is 31.2 Å². The van der Waals surface area contributed by atoms with Crippen molar-refractivity contribution in [3.63, 3.8) is 0 Å². The Kier molecular flexibility index (Phi) is 11.0. The van der Waals surface area contributed by atoms with Crippen molar-refractivity contribution in [3.05, 3.63) is 305 Å². The average Bonchev–Trinajstić information content (AvgIpc) is 1.54. The Balaban J connectivity index is 1.04. The lowest BCUT2D eigenvalue weighted by Crippen LogP contribution is -2.36. The van der Waals surface area contributed by atoms with E-state index in [9.17, 15) is 13.2 Å². The Morgan fingerprint density at radius 1 is 0.345 bits per heavy atom. The van der Waals surface area contributed by atoms with E-state index in [1.165, 1.54) is 12.1 Å². The van der Waals surface area contributed by atoms with Crippen molar-refractivity contribution >= 4 is 117 Å². The zero-order valence-electron chi connectivity index (χ0n) is 47.6. The highest BCUT2D eigenvalue weighted by Crippen LogP contribution is 2.67. The number of para-hydroxylation sites is 7. The Labute approximate surface area is 499 Å². The molecule has 13 aromatic carbocycles. The lowest BCUT2D eigenvalue weighted by Gasteiger charge is -2.45. The Hall–Kier alpha value is -10.8. The molecule has 1 aliphatic heterocycles. The number of benzene rings is 13. The second-order valence-electron chi connectivity index (χ2n) is 23.1. The van der Waals surface area contributed by atoms with Gasteiger partial charge in [0, 0.05) is 49.4 Å². The first-order chi connectivity index (χ1) is 42.6. The summed E-state index contributed by atoms with van der Waals surface area (Å²) >= 11 is 0. The maximum atomic E-state index is 14.7. The van der Waals surface area contributed by atoms with E-state index < -0.39 is 17.2 Å². The molecule has 0 saturated heterocycles. The molecule has 1 aliphatic carbocycles. The van der Waals surface area contributed by atoms with E-state index in [0.29, 0.717) is 17.0 Å². The van der Waals surface area contributed by atoms with Crippen LogP contribution >= 0.6 is 0 Å². The number of nitrogens with zero attached hydrogens (tertiary/aromatic N) is 3. The molecule has 0 N–H and O–H groups in total. The van der Waals surface area contributed by atoms with E-state index >= 15 is 0 Å². The van der Waals surface area contributed by atoms with Crippen LogP contribution in [-0.4, -0.2) is 0 Å². The number of halogens is 3. The predicted molar refractivity (Wildman–Crippen MR) is 350 cm³/mol. The van der Waals surface area contributed by atoms with Crippen LogP contribution in [-0.2, 0) is 11.6 Å². The number of alkyl halides is 3. The standard InChI is InChI=1S/C79H52F3N3O2/c1-47-37-41-52(42-38-47)84(68-35-17-29-60-58-27-15-19-48(2)74(58)86-76(60)68)70-45-64-72(56-25-9-7-23-54(56)70)73-57-26-10-8-24-55(57)71(46-65(73)78(64)62-31-11-13-33-66(62)83(51-21-5-4-6-22-51)67-34-14-12-32-63(67)78)85(53-43-39-50(40-44-53)79(80,81)82)69-36-18-30-61-59-28-16-20-49(3)75(59)87-77(61)69/h4-46H,1-3H3. The summed E-state index contributed by atoms with van der Waals surface area (Å²) in [4.78, 5) is 6.90. The highest BCUT2D eigenvalue weighted by atomic mass is 19.4. The Bertz CT molecular complexity index is 5290. The fourth-order valence-corrected chi connectivity index (χ4v) is 14.6. The maximum absolute atomic E-state index is 14.7. The van der Waals surface area contributed by atoms with Crippen LogP contribution in [0.1, 0.15) is 44.5 Å². The van der Waals surface area contributed by atoms with E-state index in [1.54, 1.807) is 12.1 Å². The van der Waals surface area contributed by atoms with Gasteiger partial charge in [-0.15, -0.1) is 0 Å². The number of hydrogen-bond acceptors (Lipinski definition) is 5. The second-order valence-corrected chi connectivity index (χ2v) is 23.1. The van der Waals surface area contributed by atoms with Crippen LogP contribution < -0.4 is 14.7 Å². The summed E-state index contributed by atoms with van der Waals surface area (Å²) in [6.45, 7) is 6.26. The topological polar surface area (TPSA) is 36.0 Å². The molecule has 0 atom stereocenters. The quantitative estimate of drug-likeness (QED) is 0.159. The summed E-state index contributed by atoms with van der Waals surface area (Å²) in [5, 5.41) is 7.95. The highest BCUT2D eigenvalue weighted by Gasteiger charge is 2.54. The molecule has 0 amide bonds. The molecule has 2 aromatic heterocycles. The number of furan rings is 2. The molecular formula is C79H52F3N3O2. The second kappa shape index (κ2) is 18.8. The fraction of sp³-hybridized carbons (Fsp3) is 0.0633. The summed E-state index contributed by atoms with van der Waals surface area (Å²) in [5.41, 5.74) is 18.8. The van der Waals surface area contributed by atoms with E-state index in [0.717, 1.165) is 150 Å². The van der Waals surface area contributed by atoms with Crippen molar-refractivity contribution in [1.82, 2.24) is 0 Å². The molecule has 2 aliphatic rings. The molecule has 0 bridgehead atoms. The van der Waals surface area contributed by atoms with Gasteiger partial charge in [-0.25, -0.2) is 0 Å². The maximum Gasteiger partial charge on any atom is 0.416 e. The molecular weight excluding hydrogens is 1080 g/mol. The highest BCUT2D eigenvalue weighted by molar-refractivity contribution is 6.21. The van der Waals surface area contributed by atoms with Crippen LogP contribution in [0.5, 0.6) is 0 Å². The van der Waals surface area contributed by atoms with Gasteiger partial charge in [0.2, 0.25) is 0 Å². The molecule has 87 heavy (non-hydrogen) atoms. The SMILES string of the molecule is Cc1ccc(N(c2cc3c(c4ccccc24)-c2c(cc(N(c4ccc(C(F)(F)F)cc4)c4cccc5c4oc4c(C)cccc45)c4ccccc24)C32c3ccccc3N(c3ccccc3)c3ccccc32)c2cccc3c2oc2c(C)cccc23)cc1. The van der Waals surface area contributed by atoms with Crippen molar-refractivity contribution in [2.75, 3.05) is 14.7 Å². The van der Waals surface area contributed by atoms with Gasteiger partial charge in [0.15, 0.2) is 11.2 Å². The normalized spacial score (nSPS) is 13.2. The first-order valence-electron chi connectivity index (χ1n) is 29.4. The van der Waals surface area contributed by atoms with Gasteiger partial charge in [0.1, 0.15) is 11.2 Å². The predicted octanol–water partition coefficient (Wildman–Crippen LogP) is 22.8. The molecule has 0 saturated carbocycles. The lowest BCUT2D eigenvalue weighted by atomic mass is 9.64. The summed E-state index contributed by atoms with van der Waals surface area (Å²) < 4.78 is 58.1. The third-order valence-electron chi connectivity index (χ3n) is 18.3. The minimum atomic E-state index is -4.55. The van der Waals surface area contributed by atoms with Crippen molar-refractivity contribution in [2.24, 2.45) is 0 Å². The van der Waals surface area contributed by atoms with Crippen LogP contribution in [0, 0.1) is 20.8 Å². The van der Waals surface area contributed by atoms with E-state index in [-0.39, 0.29) is 0 Å². The number of hydrogen-bond donors (Lipinski definition) is 0. The Morgan fingerprint density at radius 2 is 0.736 bits per heavy atom. The first-order valence-corrected chi connectivity index (χ1v) is 29.4. The van der Waals surface area contributed by atoms with Crippen molar-refractivity contribution in [3.8, 4) is 11.1 Å². The summed E-state index contributed by atoms with van der Waals surface area (Å²) in [6, 6.07) is 89.7. The smallest absolute Gasteiger partial charge is 0.416 e. The molecule has 17 rings (SSSR count). The number of rotatable bonds is 7.